The smallest absolute Gasteiger partial charge is 0.306 e. The van der Waals surface area contributed by atoms with Gasteiger partial charge in [-0.2, -0.15) is 8.42 Å². The maximum atomic E-state index is 12.5. The number of benzene rings is 2. The maximum Gasteiger partial charge on any atom is 0.306 e. The van der Waals surface area contributed by atoms with Crippen LogP contribution in [0.1, 0.15) is 0 Å². The summed E-state index contributed by atoms with van der Waals surface area (Å²) in [7, 11) is -8.00. The second-order valence-corrected chi connectivity index (χ2v) is 7.70. The zero-order valence-electron chi connectivity index (χ0n) is 10.9. The van der Waals surface area contributed by atoms with Crippen molar-refractivity contribution in [1.29, 1.82) is 0 Å². The summed E-state index contributed by atoms with van der Waals surface area (Å²) < 4.78 is 52.1. The number of hydrogen-bond acceptors (Lipinski definition) is 6. The van der Waals surface area contributed by atoms with E-state index >= 15 is 0 Å². The second kappa shape index (κ2) is 5.38. The van der Waals surface area contributed by atoms with E-state index in [2.05, 4.69) is 4.18 Å². The lowest BCUT2D eigenvalue weighted by Gasteiger charge is -2.11. The molecular formula is C13H12O6S2. The molecule has 2 rings (SSSR count). The average Bonchev–Trinajstić information content (AvgIpc) is 2.40. The van der Waals surface area contributed by atoms with Crippen molar-refractivity contribution in [3.05, 3.63) is 48.5 Å². The molecule has 0 amide bonds. The van der Waals surface area contributed by atoms with Gasteiger partial charge < -0.3 is 9.29 Å². The van der Waals surface area contributed by atoms with Gasteiger partial charge in [-0.05, 0) is 24.3 Å². The fraction of sp³-hybridized carbons (Fsp3) is 0.0769. The van der Waals surface area contributed by atoms with E-state index in [1.807, 2.05) is 0 Å². The van der Waals surface area contributed by atoms with E-state index in [9.17, 15) is 21.9 Å². The monoisotopic (exact) mass is 328 g/mol. The predicted molar refractivity (Wildman–Crippen MR) is 75.5 cm³/mol. The number of aromatic hydroxyl groups is 1. The molecule has 6 nitrogen and oxygen atoms in total. The lowest BCUT2D eigenvalue weighted by Crippen LogP contribution is -2.10. The number of sulfone groups is 1. The fourth-order valence-corrected chi connectivity index (χ4v) is 3.63. The summed E-state index contributed by atoms with van der Waals surface area (Å²) in [5.74, 6) is -1.18. The van der Waals surface area contributed by atoms with Gasteiger partial charge in [-0.25, -0.2) is 8.42 Å². The van der Waals surface area contributed by atoms with Gasteiger partial charge in [-0.3, -0.25) is 0 Å². The van der Waals surface area contributed by atoms with Crippen molar-refractivity contribution in [2.24, 2.45) is 0 Å². The first-order valence-electron chi connectivity index (χ1n) is 5.73. The van der Waals surface area contributed by atoms with E-state index in [1.54, 1.807) is 6.07 Å². The molecule has 112 valence electrons. The second-order valence-electron chi connectivity index (χ2n) is 4.21. The predicted octanol–water partition coefficient (Wildman–Crippen LogP) is 1.56. The highest BCUT2D eigenvalue weighted by Crippen LogP contribution is 2.37. The minimum absolute atomic E-state index is 0.0334. The molecule has 0 saturated carbocycles. The van der Waals surface area contributed by atoms with Crippen LogP contribution >= 0.6 is 0 Å². The highest BCUT2D eigenvalue weighted by Gasteiger charge is 2.26. The fourth-order valence-electron chi connectivity index (χ4n) is 1.68. The Bertz CT molecular complexity index is 855. The summed E-state index contributed by atoms with van der Waals surface area (Å²) in [6, 6.07) is 11.1. The van der Waals surface area contributed by atoms with Crippen LogP contribution in [0.15, 0.2) is 58.3 Å². The largest absolute Gasteiger partial charge is 0.504 e. The molecule has 0 bridgehead atoms. The highest BCUT2D eigenvalue weighted by atomic mass is 32.2. The van der Waals surface area contributed by atoms with Crippen LogP contribution in [-0.2, 0) is 20.0 Å². The van der Waals surface area contributed by atoms with Crippen LogP contribution < -0.4 is 4.18 Å². The van der Waals surface area contributed by atoms with E-state index in [0.717, 1.165) is 12.3 Å². The number of rotatable bonds is 4. The molecular weight excluding hydrogens is 316 g/mol. The van der Waals surface area contributed by atoms with Crippen molar-refractivity contribution in [2.75, 3.05) is 6.26 Å². The molecule has 2 aromatic carbocycles. The Labute approximate surface area is 122 Å². The first kappa shape index (κ1) is 15.3. The Hall–Kier alpha value is -2.06. The van der Waals surface area contributed by atoms with Gasteiger partial charge in [0.25, 0.3) is 0 Å². The van der Waals surface area contributed by atoms with Crippen LogP contribution in [0.25, 0.3) is 0 Å². The van der Waals surface area contributed by atoms with E-state index in [0.29, 0.717) is 0 Å². The third-order valence-corrected chi connectivity index (χ3v) is 4.80. The van der Waals surface area contributed by atoms with Crippen LogP contribution in [0.2, 0.25) is 0 Å². The summed E-state index contributed by atoms with van der Waals surface area (Å²) in [4.78, 5) is -0.451. The van der Waals surface area contributed by atoms with Gasteiger partial charge >= 0.3 is 10.1 Å². The Kier molecular flexibility index (Phi) is 3.93. The molecule has 0 heterocycles. The molecule has 0 aromatic heterocycles. The molecule has 0 saturated heterocycles. The third kappa shape index (κ3) is 3.34. The van der Waals surface area contributed by atoms with Gasteiger partial charge in [0.15, 0.2) is 5.75 Å². The summed E-state index contributed by atoms with van der Waals surface area (Å²) in [6.07, 6.45) is 0.762. The van der Waals surface area contributed by atoms with Gasteiger partial charge in [0.1, 0.15) is 4.90 Å². The molecule has 0 fully saturated rings. The van der Waals surface area contributed by atoms with E-state index in [4.69, 9.17) is 0 Å². The molecule has 0 unspecified atom stereocenters. The van der Waals surface area contributed by atoms with Crippen LogP contribution in [-0.4, -0.2) is 28.2 Å². The van der Waals surface area contributed by atoms with E-state index < -0.39 is 36.3 Å². The van der Waals surface area contributed by atoms with Crippen molar-refractivity contribution in [3.63, 3.8) is 0 Å². The average molecular weight is 328 g/mol. The first-order valence-corrected chi connectivity index (χ1v) is 9.03. The maximum absolute atomic E-state index is 12.5. The highest BCUT2D eigenvalue weighted by molar-refractivity contribution is 7.91. The topological polar surface area (TPSA) is 97.7 Å². The molecule has 0 spiro atoms. The van der Waals surface area contributed by atoms with Gasteiger partial charge in [-0.1, -0.05) is 24.3 Å². The molecule has 0 aliphatic carbocycles. The third-order valence-electron chi connectivity index (χ3n) is 2.54. The molecule has 1 N–H and O–H groups in total. The van der Waals surface area contributed by atoms with Crippen molar-refractivity contribution in [2.45, 2.75) is 9.79 Å². The van der Waals surface area contributed by atoms with Crippen LogP contribution in [0, 0.1) is 0 Å². The number of phenols is 1. The Morgan fingerprint density at radius 3 is 2.10 bits per heavy atom. The Morgan fingerprint density at radius 2 is 1.52 bits per heavy atom. The van der Waals surface area contributed by atoms with Gasteiger partial charge in [0.05, 0.1) is 11.2 Å². The molecule has 2 aromatic rings. The Morgan fingerprint density at radius 1 is 0.905 bits per heavy atom. The van der Waals surface area contributed by atoms with Gasteiger partial charge in [0, 0.05) is 0 Å². The van der Waals surface area contributed by atoms with Crippen LogP contribution in [0.3, 0.4) is 0 Å². The minimum Gasteiger partial charge on any atom is -0.504 e. The Balaban J connectivity index is 2.68. The molecule has 8 heteroatoms. The lowest BCUT2D eigenvalue weighted by molar-refractivity contribution is 0.423. The summed E-state index contributed by atoms with van der Waals surface area (Å²) in [5.41, 5.74) is 0. The zero-order valence-corrected chi connectivity index (χ0v) is 12.6. The van der Waals surface area contributed by atoms with Crippen molar-refractivity contribution >= 4 is 20.0 Å². The normalized spacial score (nSPS) is 12.0. The summed E-state index contributed by atoms with van der Waals surface area (Å²) >= 11 is 0. The van der Waals surface area contributed by atoms with E-state index in [1.165, 1.54) is 36.4 Å². The van der Waals surface area contributed by atoms with E-state index in [-0.39, 0.29) is 4.90 Å². The number of phenolic OH excluding ortho intramolecular Hbond substituents is 1. The van der Waals surface area contributed by atoms with Crippen molar-refractivity contribution in [3.8, 4) is 11.5 Å². The molecule has 0 atom stereocenters. The quantitative estimate of drug-likeness (QED) is 0.855. The SMILES string of the molecule is CS(=O)(=O)Oc1c(O)cccc1S(=O)(=O)c1ccccc1. The van der Waals surface area contributed by atoms with Gasteiger partial charge in [-0.15, -0.1) is 0 Å². The van der Waals surface area contributed by atoms with Gasteiger partial charge in [0.2, 0.25) is 15.6 Å². The zero-order chi connectivity index (χ0) is 15.7. The number of para-hydroxylation sites is 1. The molecule has 0 aliphatic rings. The standard InChI is InChI=1S/C13H12O6S2/c1-20(15,16)19-13-11(14)8-5-9-12(13)21(17,18)10-6-3-2-4-7-10/h2-9,14H,1H3. The van der Waals surface area contributed by atoms with Crippen LogP contribution in [0.4, 0.5) is 0 Å². The molecule has 0 radical (unpaired) electrons. The van der Waals surface area contributed by atoms with Crippen molar-refractivity contribution < 1.29 is 26.1 Å². The first-order chi connectivity index (χ1) is 9.72. The number of hydrogen-bond donors (Lipinski definition) is 1. The van der Waals surface area contributed by atoms with Crippen LogP contribution in [0.5, 0.6) is 11.5 Å². The molecule has 21 heavy (non-hydrogen) atoms. The lowest BCUT2D eigenvalue weighted by atomic mass is 10.3. The summed E-state index contributed by atoms with van der Waals surface area (Å²) in [6.45, 7) is 0. The summed E-state index contributed by atoms with van der Waals surface area (Å²) in [5, 5.41) is 9.71. The van der Waals surface area contributed by atoms with Crippen molar-refractivity contribution in [1.82, 2.24) is 0 Å². The minimum atomic E-state index is -4.01. The molecule has 0 aliphatic heterocycles.